The molecule has 0 bridgehead atoms. The van der Waals surface area contributed by atoms with Crippen molar-refractivity contribution >= 4 is 5.91 Å². The molecule has 126 valence electrons. The van der Waals surface area contributed by atoms with E-state index in [1.807, 2.05) is 17.0 Å². The fourth-order valence-electron chi connectivity index (χ4n) is 4.02. The maximum atomic E-state index is 13.0. The fraction of sp³-hybridized carbons (Fsp3) is 0.450. The Morgan fingerprint density at radius 1 is 1.08 bits per heavy atom. The topological polar surface area (TPSA) is 28.5 Å². The summed E-state index contributed by atoms with van der Waals surface area (Å²) in [5.41, 5.74) is 3.29. The molecule has 1 amide bonds. The van der Waals surface area contributed by atoms with Gasteiger partial charge in [-0.3, -0.25) is 9.69 Å². The summed E-state index contributed by atoms with van der Waals surface area (Å²) in [5.74, 6) is 0.151. The van der Waals surface area contributed by atoms with Crippen LogP contribution in [-0.2, 0) is 13.1 Å². The molecular formula is C20H25N3O. The van der Waals surface area contributed by atoms with Gasteiger partial charge in [-0.2, -0.15) is 0 Å². The van der Waals surface area contributed by atoms with Crippen molar-refractivity contribution in [2.45, 2.75) is 38.9 Å². The Morgan fingerprint density at radius 3 is 2.75 bits per heavy atom. The van der Waals surface area contributed by atoms with Crippen LogP contribution in [-0.4, -0.2) is 39.9 Å². The van der Waals surface area contributed by atoms with E-state index in [-0.39, 0.29) is 11.9 Å². The second-order valence-corrected chi connectivity index (χ2v) is 6.98. The third-order valence-corrected chi connectivity index (χ3v) is 5.38. The summed E-state index contributed by atoms with van der Waals surface area (Å²) in [6, 6.07) is 12.5. The minimum Gasteiger partial charge on any atom is -0.348 e. The summed E-state index contributed by atoms with van der Waals surface area (Å²) in [7, 11) is 0. The van der Waals surface area contributed by atoms with E-state index >= 15 is 0 Å². The predicted molar refractivity (Wildman–Crippen MR) is 94.8 cm³/mol. The minimum atomic E-state index is 0.128. The van der Waals surface area contributed by atoms with Crippen LogP contribution in [0.2, 0.25) is 0 Å². The molecular weight excluding hydrogens is 298 g/mol. The SMILES string of the molecule is C[C@@H]1c2cccn2CCN1C(=O)c1cccc(CN2CCCC2)c1. The van der Waals surface area contributed by atoms with Crippen molar-refractivity contribution in [2.75, 3.05) is 19.6 Å². The number of carbonyl (C=O) groups excluding carboxylic acids is 1. The molecule has 1 aromatic carbocycles. The van der Waals surface area contributed by atoms with Crippen LogP contribution in [0.25, 0.3) is 0 Å². The van der Waals surface area contributed by atoms with Gasteiger partial charge in [-0.05, 0) is 62.7 Å². The molecule has 0 radical (unpaired) electrons. The highest BCUT2D eigenvalue weighted by molar-refractivity contribution is 5.94. The summed E-state index contributed by atoms with van der Waals surface area (Å²) in [5, 5.41) is 0. The van der Waals surface area contributed by atoms with E-state index in [1.165, 1.54) is 37.2 Å². The van der Waals surface area contributed by atoms with Crippen molar-refractivity contribution in [3.05, 3.63) is 59.4 Å². The number of nitrogens with zero attached hydrogens (tertiary/aromatic N) is 3. The molecule has 24 heavy (non-hydrogen) atoms. The number of benzene rings is 1. The highest BCUT2D eigenvalue weighted by atomic mass is 16.2. The second kappa shape index (κ2) is 6.44. The van der Waals surface area contributed by atoms with Crippen molar-refractivity contribution in [1.82, 2.24) is 14.4 Å². The predicted octanol–water partition coefficient (Wildman–Crippen LogP) is 3.30. The number of hydrogen-bond acceptors (Lipinski definition) is 2. The lowest BCUT2D eigenvalue weighted by Crippen LogP contribution is -2.40. The van der Waals surface area contributed by atoms with Gasteiger partial charge < -0.3 is 9.47 Å². The lowest BCUT2D eigenvalue weighted by atomic mass is 10.1. The number of carbonyl (C=O) groups is 1. The number of amides is 1. The maximum absolute atomic E-state index is 13.0. The molecule has 2 aliphatic rings. The zero-order chi connectivity index (χ0) is 16.5. The molecule has 4 heteroatoms. The van der Waals surface area contributed by atoms with Gasteiger partial charge in [0.1, 0.15) is 0 Å². The monoisotopic (exact) mass is 323 g/mol. The van der Waals surface area contributed by atoms with Gasteiger partial charge in [0.05, 0.1) is 6.04 Å². The van der Waals surface area contributed by atoms with Gasteiger partial charge in [0.2, 0.25) is 0 Å². The number of fused-ring (bicyclic) bond motifs is 1. The number of aromatic nitrogens is 1. The molecule has 4 nitrogen and oxygen atoms in total. The van der Waals surface area contributed by atoms with Crippen LogP contribution >= 0.6 is 0 Å². The Hall–Kier alpha value is -2.07. The normalized spacial score (nSPS) is 21.0. The molecule has 3 heterocycles. The average molecular weight is 323 g/mol. The fourth-order valence-corrected chi connectivity index (χ4v) is 4.02. The van der Waals surface area contributed by atoms with Gasteiger partial charge in [0.25, 0.3) is 5.91 Å². The van der Waals surface area contributed by atoms with Crippen LogP contribution in [0.3, 0.4) is 0 Å². The highest BCUT2D eigenvalue weighted by Gasteiger charge is 2.28. The standard InChI is InChI=1S/C20H25N3O/c1-16-19-8-5-11-22(19)12-13-23(16)20(24)18-7-4-6-17(14-18)15-21-9-2-3-10-21/h4-8,11,14,16H,2-3,9-10,12-13,15H2,1H3/t16-/m1/s1. The average Bonchev–Trinajstić information content (AvgIpc) is 3.26. The summed E-state index contributed by atoms with van der Waals surface area (Å²) in [4.78, 5) is 17.5. The van der Waals surface area contributed by atoms with E-state index in [9.17, 15) is 4.79 Å². The van der Waals surface area contributed by atoms with Crippen LogP contribution in [0.4, 0.5) is 0 Å². The van der Waals surface area contributed by atoms with E-state index in [4.69, 9.17) is 0 Å². The molecule has 0 unspecified atom stereocenters. The van der Waals surface area contributed by atoms with Crippen LogP contribution in [0.1, 0.15) is 47.4 Å². The Balaban J connectivity index is 1.52. The van der Waals surface area contributed by atoms with Crippen LogP contribution < -0.4 is 0 Å². The second-order valence-electron chi connectivity index (χ2n) is 6.98. The van der Waals surface area contributed by atoms with Crippen LogP contribution in [0.15, 0.2) is 42.6 Å². The van der Waals surface area contributed by atoms with Crippen molar-refractivity contribution in [3.8, 4) is 0 Å². The lowest BCUT2D eigenvalue weighted by molar-refractivity contribution is 0.0644. The van der Waals surface area contributed by atoms with Crippen LogP contribution in [0.5, 0.6) is 0 Å². The van der Waals surface area contributed by atoms with Gasteiger partial charge in [-0.15, -0.1) is 0 Å². The van der Waals surface area contributed by atoms with E-state index in [1.54, 1.807) is 0 Å². The van der Waals surface area contributed by atoms with Gasteiger partial charge in [0.15, 0.2) is 0 Å². The molecule has 4 rings (SSSR count). The third-order valence-electron chi connectivity index (χ3n) is 5.38. The molecule has 0 saturated carbocycles. The largest absolute Gasteiger partial charge is 0.348 e. The molecule has 1 fully saturated rings. The molecule has 0 aliphatic carbocycles. The zero-order valence-corrected chi connectivity index (χ0v) is 14.3. The smallest absolute Gasteiger partial charge is 0.254 e. The number of hydrogen-bond donors (Lipinski definition) is 0. The summed E-state index contributed by atoms with van der Waals surface area (Å²) in [6.45, 7) is 7.09. The minimum absolute atomic E-state index is 0.128. The van der Waals surface area contributed by atoms with Gasteiger partial charge in [-0.1, -0.05) is 12.1 Å². The molecule has 1 saturated heterocycles. The first kappa shape index (κ1) is 15.5. The maximum Gasteiger partial charge on any atom is 0.254 e. The Kier molecular flexibility index (Phi) is 4.15. The van der Waals surface area contributed by atoms with Crippen molar-refractivity contribution < 1.29 is 4.79 Å². The lowest BCUT2D eigenvalue weighted by Gasteiger charge is -2.35. The molecule has 0 spiro atoms. The Labute approximate surface area is 143 Å². The number of likely N-dealkylation sites (tertiary alicyclic amines) is 1. The Morgan fingerprint density at radius 2 is 1.92 bits per heavy atom. The summed E-state index contributed by atoms with van der Waals surface area (Å²) < 4.78 is 2.25. The van der Waals surface area contributed by atoms with Gasteiger partial charge in [0, 0.05) is 37.1 Å². The molecule has 2 aliphatic heterocycles. The quantitative estimate of drug-likeness (QED) is 0.867. The van der Waals surface area contributed by atoms with E-state index in [0.717, 1.165) is 25.2 Å². The molecule has 2 aromatic rings. The zero-order valence-electron chi connectivity index (χ0n) is 14.3. The van der Waals surface area contributed by atoms with Crippen molar-refractivity contribution in [3.63, 3.8) is 0 Å². The molecule has 1 aromatic heterocycles. The Bertz CT molecular complexity index is 730. The van der Waals surface area contributed by atoms with Gasteiger partial charge in [-0.25, -0.2) is 0 Å². The summed E-state index contributed by atoms with van der Waals surface area (Å²) in [6.07, 6.45) is 4.69. The van der Waals surface area contributed by atoms with E-state index in [0.29, 0.717) is 0 Å². The van der Waals surface area contributed by atoms with E-state index in [2.05, 4.69) is 46.9 Å². The van der Waals surface area contributed by atoms with Gasteiger partial charge >= 0.3 is 0 Å². The van der Waals surface area contributed by atoms with Crippen molar-refractivity contribution in [1.29, 1.82) is 0 Å². The van der Waals surface area contributed by atoms with Crippen LogP contribution in [0, 0.1) is 0 Å². The summed E-state index contributed by atoms with van der Waals surface area (Å²) >= 11 is 0. The van der Waals surface area contributed by atoms with E-state index < -0.39 is 0 Å². The number of rotatable bonds is 3. The first-order valence-corrected chi connectivity index (χ1v) is 9.00. The third kappa shape index (κ3) is 2.86. The first-order chi connectivity index (χ1) is 11.7. The molecule has 0 N–H and O–H groups in total. The first-order valence-electron chi connectivity index (χ1n) is 9.00. The molecule has 1 atom stereocenters. The van der Waals surface area contributed by atoms with Crippen molar-refractivity contribution in [2.24, 2.45) is 0 Å². The highest BCUT2D eigenvalue weighted by Crippen LogP contribution is 2.27.